The number of carbonyl (C=O) groups is 3. The lowest BCUT2D eigenvalue weighted by Crippen LogP contribution is -2.46. The van der Waals surface area contributed by atoms with Gasteiger partial charge in [-0.15, -0.1) is 0 Å². The Morgan fingerprint density at radius 1 is 0.963 bits per heavy atom. The van der Waals surface area contributed by atoms with Crippen molar-refractivity contribution in [3.05, 3.63) is 65.5 Å². The zero-order valence-corrected chi connectivity index (χ0v) is 14.8. The van der Waals surface area contributed by atoms with Crippen molar-refractivity contribution in [2.45, 2.75) is 13.3 Å². The number of nitrogens with one attached hydrogen (secondary N) is 3. The summed E-state index contributed by atoms with van der Waals surface area (Å²) in [4.78, 5) is 35.7. The molecule has 0 spiro atoms. The highest BCUT2D eigenvalue weighted by atomic mass is 19.1. The van der Waals surface area contributed by atoms with Gasteiger partial charge in [-0.3, -0.25) is 25.2 Å². The van der Waals surface area contributed by atoms with Gasteiger partial charge < -0.3 is 10.1 Å². The van der Waals surface area contributed by atoms with E-state index < -0.39 is 23.5 Å². The number of rotatable bonds is 7. The van der Waals surface area contributed by atoms with Crippen molar-refractivity contribution in [3.8, 4) is 5.75 Å². The Hall–Kier alpha value is -3.42. The maximum absolute atomic E-state index is 12.8. The van der Waals surface area contributed by atoms with E-state index in [1.165, 1.54) is 24.3 Å². The molecule has 7 nitrogen and oxygen atoms in total. The molecule has 0 unspecified atom stereocenters. The Morgan fingerprint density at radius 3 is 2.33 bits per heavy atom. The van der Waals surface area contributed by atoms with Gasteiger partial charge in [-0.05, 0) is 36.8 Å². The summed E-state index contributed by atoms with van der Waals surface area (Å²) in [5.41, 5.74) is 5.35. The normalized spacial score (nSPS) is 10.0. The third-order valence-electron chi connectivity index (χ3n) is 3.46. The van der Waals surface area contributed by atoms with E-state index in [1.54, 1.807) is 31.2 Å². The van der Waals surface area contributed by atoms with Gasteiger partial charge in [0.2, 0.25) is 5.91 Å². The highest BCUT2D eigenvalue weighted by Gasteiger charge is 2.13. The summed E-state index contributed by atoms with van der Waals surface area (Å²) in [6.07, 6.45) is -0.0192. The lowest BCUT2D eigenvalue weighted by molar-refractivity contribution is -0.128. The van der Waals surface area contributed by atoms with Gasteiger partial charge in [0.05, 0.1) is 25.1 Å². The minimum atomic E-state index is -0.593. The summed E-state index contributed by atoms with van der Waals surface area (Å²) in [5, 5.41) is 2.45. The Morgan fingerprint density at radius 2 is 1.63 bits per heavy atom. The predicted octanol–water partition coefficient (Wildman–Crippen LogP) is 1.34. The van der Waals surface area contributed by atoms with Crippen molar-refractivity contribution in [1.82, 2.24) is 16.2 Å². The van der Waals surface area contributed by atoms with Crippen molar-refractivity contribution in [3.63, 3.8) is 0 Å². The Labute approximate surface area is 155 Å². The van der Waals surface area contributed by atoms with Crippen molar-refractivity contribution >= 4 is 17.7 Å². The van der Waals surface area contributed by atoms with Crippen LogP contribution >= 0.6 is 0 Å². The average Bonchev–Trinajstić information content (AvgIpc) is 2.67. The van der Waals surface area contributed by atoms with E-state index in [0.717, 1.165) is 0 Å². The summed E-state index contributed by atoms with van der Waals surface area (Å²) < 4.78 is 18.2. The Bertz CT molecular complexity index is 809. The number of para-hydroxylation sites is 1. The number of benzene rings is 2. The summed E-state index contributed by atoms with van der Waals surface area (Å²) in [7, 11) is 0. The first-order chi connectivity index (χ1) is 13.0. The highest BCUT2D eigenvalue weighted by molar-refractivity contribution is 5.98. The molecule has 0 aromatic heterocycles. The molecule has 0 aliphatic heterocycles. The zero-order valence-electron chi connectivity index (χ0n) is 14.8. The molecule has 0 aliphatic carbocycles. The first-order valence-corrected chi connectivity index (χ1v) is 8.31. The Balaban J connectivity index is 1.76. The molecule has 0 aliphatic rings. The van der Waals surface area contributed by atoms with Gasteiger partial charge in [0.25, 0.3) is 11.8 Å². The van der Waals surface area contributed by atoms with Gasteiger partial charge >= 0.3 is 0 Å². The van der Waals surface area contributed by atoms with Crippen LogP contribution in [0.3, 0.4) is 0 Å². The quantitative estimate of drug-likeness (QED) is 0.638. The van der Waals surface area contributed by atoms with Crippen LogP contribution in [0.15, 0.2) is 48.5 Å². The second kappa shape index (κ2) is 9.91. The topological polar surface area (TPSA) is 96.5 Å². The van der Waals surface area contributed by atoms with Crippen LogP contribution in [0.2, 0.25) is 0 Å². The molecule has 0 saturated heterocycles. The monoisotopic (exact) mass is 373 g/mol. The van der Waals surface area contributed by atoms with E-state index in [0.29, 0.717) is 23.5 Å². The molecule has 3 N–H and O–H groups in total. The van der Waals surface area contributed by atoms with E-state index in [1.807, 2.05) is 0 Å². The average molecular weight is 373 g/mol. The van der Waals surface area contributed by atoms with Gasteiger partial charge in [0.1, 0.15) is 11.6 Å². The van der Waals surface area contributed by atoms with Crippen LogP contribution in [-0.2, 0) is 16.0 Å². The molecule has 0 heterocycles. The first-order valence-electron chi connectivity index (χ1n) is 8.31. The van der Waals surface area contributed by atoms with Gasteiger partial charge in [0.15, 0.2) is 0 Å². The minimum Gasteiger partial charge on any atom is -0.493 e. The van der Waals surface area contributed by atoms with Crippen molar-refractivity contribution in [1.29, 1.82) is 0 Å². The van der Waals surface area contributed by atoms with Crippen LogP contribution in [0, 0.1) is 5.82 Å². The first kappa shape index (κ1) is 19.9. The van der Waals surface area contributed by atoms with E-state index in [9.17, 15) is 18.8 Å². The van der Waals surface area contributed by atoms with Gasteiger partial charge in [0, 0.05) is 0 Å². The van der Waals surface area contributed by atoms with Gasteiger partial charge in [-0.25, -0.2) is 4.39 Å². The van der Waals surface area contributed by atoms with Gasteiger partial charge in [-0.1, -0.05) is 24.3 Å². The molecule has 2 rings (SSSR count). The van der Waals surface area contributed by atoms with Crippen molar-refractivity contribution in [2.75, 3.05) is 13.2 Å². The number of halogens is 1. The number of hydrazine groups is 1. The lowest BCUT2D eigenvalue weighted by Gasteiger charge is -2.11. The van der Waals surface area contributed by atoms with Crippen LogP contribution < -0.4 is 20.9 Å². The molecule has 0 atom stereocenters. The number of hydrogen-bond donors (Lipinski definition) is 3. The summed E-state index contributed by atoms with van der Waals surface area (Å²) in [6, 6.07) is 12.1. The molecule has 3 amide bonds. The van der Waals surface area contributed by atoms with Crippen molar-refractivity contribution in [2.24, 2.45) is 0 Å². The maximum atomic E-state index is 12.8. The van der Waals surface area contributed by atoms with E-state index in [2.05, 4.69) is 16.2 Å². The molecule has 2 aromatic rings. The lowest BCUT2D eigenvalue weighted by atomic mass is 10.1. The summed E-state index contributed by atoms with van der Waals surface area (Å²) in [5.74, 6) is -1.50. The van der Waals surface area contributed by atoms with Crippen LogP contribution in [-0.4, -0.2) is 30.9 Å². The molecule has 0 saturated carbocycles. The number of hydrogen-bond acceptors (Lipinski definition) is 4. The number of carbonyl (C=O) groups excluding carboxylic acids is 3. The summed E-state index contributed by atoms with van der Waals surface area (Å²) >= 11 is 0. The van der Waals surface area contributed by atoms with E-state index in [-0.39, 0.29) is 13.0 Å². The maximum Gasteiger partial charge on any atom is 0.257 e. The standard InChI is InChI=1S/C19H20FN3O4/c1-2-27-16-6-4-3-5-15(16)19(26)21-12-18(25)23-22-17(24)11-13-7-9-14(20)10-8-13/h3-10H,2,11-12H2,1H3,(H,21,26)(H,22,24)(H,23,25). The SMILES string of the molecule is CCOc1ccccc1C(=O)NCC(=O)NNC(=O)Cc1ccc(F)cc1. The number of amides is 3. The fourth-order valence-corrected chi connectivity index (χ4v) is 2.21. The minimum absolute atomic E-state index is 0.0192. The smallest absolute Gasteiger partial charge is 0.257 e. The van der Waals surface area contributed by atoms with Crippen LogP contribution in [0.5, 0.6) is 5.75 Å². The summed E-state index contributed by atoms with van der Waals surface area (Å²) in [6.45, 7) is 1.89. The molecule has 0 fully saturated rings. The molecule has 0 radical (unpaired) electrons. The second-order valence-electron chi connectivity index (χ2n) is 5.51. The molecule has 8 heteroatoms. The molecule has 2 aromatic carbocycles. The predicted molar refractivity (Wildman–Crippen MR) is 96.3 cm³/mol. The third-order valence-corrected chi connectivity index (χ3v) is 3.46. The number of ether oxygens (including phenoxy) is 1. The van der Waals surface area contributed by atoms with Gasteiger partial charge in [-0.2, -0.15) is 0 Å². The zero-order chi connectivity index (χ0) is 19.6. The fraction of sp³-hybridized carbons (Fsp3) is 0.211. The fourth-order valence-electron chi connectivity index (χ4n) is 2.21. The largest absolute Gasteiger partial charge is 0.493 e. The second-order valence-corrected chi connectivity index (χ2v) is 5.51. The molecular weight excluding hydrogens is 353 g/mol. The molecule has 27 heavy (non-hydrogen) atoms. The molecular formula is C19H20FN3O4. The van der Waals surface area contributed by atoms with Crippen LogP contribution in [0.25, 0.3) is 0 Å². The molecule has 142 valence electrons. The highest BCUT2D eigenvalue weighted by Crippen LogP contribution is 2.17. The molecule has 0 bridgehead atoms. The third kappa shape index (κ3) is 6.43. The van der Waals surface area contributed by atoms with E-state index in [4.69, 9.17) is 4.74 Å². The Kier molecular flexibility index (Phi) is 7.30. The van der Waals surface area contributed by atoms with Crippen LogP contribution in [0.1, 0.15) is 22.8 Å². The van der Waals surface area contributed by atoms with Crippen molar-refractivity contribution < 1.29 is 23.5 Å². The van der Waals surface area contributed by atoms with Crippen LogP contribution in [0.4, 0.5) is 4.39 Å². The van der Waals surface area contributed by atoms with E-state index >= 15 is 0 Å².